The van der Waals surface area contributed by atoms with Crippen molar-refractivity contribution in [2.45, 2.75) is 32.4 Å². The number of hydrogen-bond acceptors (Lipinski definition) is 6. The van der Waals surface area contributed by atoms with Crippen LogP contribution in [0.4, 0.5) is 5.69 Å². The van der Waals surface area contributed by atoms with E-state index < -0.39 is 8.07 Å². The zero-order valence-corrected chi connectivity index (χ0v) is 16.3. The van der Waals surface area contributed by atoms with Gasteiger partial charge < -0.3 is 15.0 Å². The number of nitrogens with zero attached hydrogens (tertiary/aromatic N) is 4. The summed E-state index contributed by atoms with van der Waals surface area (Å²) >= 11 is 0. The summed E-state index contributed by atoms with van der Waals surface area (Å²) < 4.78 is 7.66. The standard InChI is InChI=1S/C18H23N5O2Si/c1-26(2,3)5-4-25-12-23-10-16(15-9-21-11-22-18(15)23)17(24)13-6-14(19)8-20-7-13/h6-11H,4-5,12,19H2,1-3H3. The molecule has 2 N–H and O–H groups in total. The van der Waals surface area contributed by atoms with Gasteiger partial charge in [-0.1, -0.05) is 19.6 Å². The summed E-state index contributed by atoms with van der Waals surface area (Å²) in [5.74, 6) is -0.162. The summed E-state index contributed by atoms with van der Waals surface area (Å²) in [4.78, 5) is 25.3. The van der Waals surface area contributed by atoms with Crippen molar-refractivity contribution in [2.75, 3.05) is 12.3 Å². The Kier molecular flexibility index (Phi) is 5.15. The molecule has 0 radical (unpaired) electrons. The first-order valence-electron chi connectivity index (χ1n) is 8.47. The van der Waals surface area contributed by atoms with E-state index >= 15 is 0 Å². The first-order valence-corrected chi connectivity index (χ1v) is 12.2. The van der Waals surface area contributed by atoms with Gasteiger partial charge >= 0.3 is 0 Å². The highest BCUT2D eigenvalue weighted by atomic mass is 28.3. The molecule has 0 fully saturated rings. The van der Waals surface area contributed by atoms with E-state index in [-0.39, 0.29) is 5.78 Å². The number of fused-ring (bicyclic) bond motifs is 1. The van der Waals surface area contributed by atoms with Gasteiger partial charge in [0.05, 0.1) is 11.3 Å². The van der Waals surface area contributed by atoms with Gasteiger partial charge in [0.15, 0.2) is 5.78 Å². The van der Waals surface area contributed by atoms with Gasteiger partial charge in [-0.25, -0.2) is 9.97 Å². The fourth-order valence-corrected chi connectivity index (χ4v) is 3.34. The van der Waals surface area contributed by atoms with Crippen LogP contribution >= 0.6 is 0 Å². The topological polar surface area (TPSA) is 95.9 Å². The molecule has 136 valence electrons. The maximum absolute atomic E-state index is 12.9. The molecule has 0 spiro atoms. The molecule has 0 atom stereocenters. The van der Waals surface area contributed by atoms with E-state index in [0.29, 0.717) is 41.2 Å². The molecule has 0 aromatic carbocycles. The number of ketones is 1. The average molecular weight is 370 g/mol. The van der Waals surface area contributed by atoms with Crippen molar-refractivity contribution in [3.63, 3.8) is 0 Å². The van der Waals surface area contributed by atoms with Crippen LogP contribution in [0.1, 0.15) is 15.9 Å². The van der Waals surface area contributed by atoms with E-state index in [4.69, 9.17) is 10.5 Å². The maximum atomic E-state index is 12.9. The summed E-state index contributed by atoms with van der Waals surface area (Å²) in [5.41, 5.74) is 7.82. The van der Waals surface area contributed by atoms with Crippen molar-refractivity contribution in [2.24, 2.45) is 0 Å². The molecule has 26 heavy (non-hydrogen) atoms. The van der Waals surface area contributed by atoms with Gasteiger partial charge in [-0.3, -0.25) is 9.78 Å². The normalized spacial score (nSPS) is 11.8. The Morgan fingerprint density at radius 3 is 2.77 bits per heavy atom. The lowest BCUT2D eigenvalue weighted by molar-refractivity contribution is 0.0896. The van der Waals surface area contributed by atoms with Crippen LogP contribution in [-0.2, 0) is 11.5 Å². The second kappa shape index (κ2) is 7.34. The zero-order valence-electron chi connectivity index (χ0n) is 15.3. The molecule has 3 heterocycles. The Balaban J connectivity index is 1.86. The molecular weight excluding hydrogens is 346 g/mol. The molecule has 0 amide bonds. The second-order valence-electron chi connectivity index (χ2n) is 7.46. The predicted molar refractivity (Wildman–Crippen MR) is 104 cm³/mol. The molecule has 0 unspecified atom stereocenters. The second-order valence-corrected chi connectivity index (χ2v) is 13.1. The summed E-state index contributed by atoms with van der Waals surface area (Å²) in [7, 11) is -1.14. The number of ether oxygens (including phenoxy) is 1. The van der Waals surface area contributed by atoms with Crippen LogP contribution in [0.3, 0.4) is 0 Å². The molecule has 3 aromatic heterocycles. The van der Waals surface area contributed by atoms with E-state index in [2.05, 4.69) is 34.6 Å². The molecule has 3 rings (SSSR count). The lowest BCUT2D eigenvalue weighted by Gasteiger charge is -2.15. The van der Waals surface area contributed by atoms with Crippen LogP contribution in [0.15, 0.2) is 37.2 Å². The maximum Gasteiger partial charge on any atom is 0.196 e. The van der Waals surface area contributed by atoms with Crippen LogP contribution in [0, 0.1) is 0 Å². The Morgan fingerprint density at radius 1 is 1.23 bits per heavy atom. The molecular formula is C18H23N5O2Si. The van der Waals surface area contributed by atoms with Gasteiger partial charge in [-0.05, 0) is 12.1 Å². The number of aromatic nitrogens is 4. The Labute approximate surface area is 153 Å². The van der Waals surface area contributed by atoms with Crippen LogP contribution in [0.2, 0.25) is 25.7 Å². The number of carbonyl (C=O) groups excluding carboxylic acids is 1. The largest absolute Gasteiger partial charge is 0.397 e. The summed E-state index contributed by atoms with van der Waals surface area (Å²) in [6.45, 7) is 7.98. The fraction of sp³-hybridized carbons (Fsp3) is 0.333. The smallest absolute Gasteiger partial charge is 0.196 e. The van der Waals surface area contributed by atoms with Crippen molar-refractivity contribution in [1.82, 2.24) is 19.5 Å². The van der Waals surface area contributed by atoms with Gasteiger partial charge in [0.2, 0.25) is 0 Å². The molecule has 0 aliphatic heterocycles. The lowest BCUT2D eigenvalue weighted by atomic mass is 10.1. The number of rotatable bonds is 7. The molecule has 0 bridgehead atoms. The molecule has 0 aliphatic rings. The third-order valence-electron chi connectivity index (χ3n) is 4.03. The van der Waals surface area contributed by atoms with Gasteiger partial charge in [0.25, 0.3) is 0 Å². The van der Waals surface area contributed by atoms with Crippen molar-refractivity contribution in [1.29, 1.82) is 0 Å². The highest BCUT2D eigenvalue weighted by molar-refractivity contribution is 6.76. The van der Waals surface area contributed by atoms with Crippen LogP contribution < -0.4 is 5.73 Å². The summed E-state index contributed by atoms with van der Waals surface area (Å²) in [6.07, 6.45) is 7.90. The van der Waals surface area contributed by atoms with Gasteiger partial charge in [-0.15, -0.1) is 0 Å². The van der Waals surface area contributed by atoms with Crippen LogP contribution in [0.5, 0.6) is 0 Å². The van der Waals surface area contributed by atoms with E-state index in [1.807, 2.05) is 4.57 Å². The quantitative estimate of drug-likeness (QED) is 0.391. The van der Waals surface area contributed by atoms with Gasteiger partial charge in [0, 0.05) is 50.4 Å². The first-order chi connectivity index (χ1) is 12.3. The molecule has 0 saturated carbocycles. The van der Waals surface area contributed by atoms with Crippen LogP contribution in [0.25, 0.3) is 11.0 Å². The van der Waals surface area contributed by atoms with E-state index in [1.54, 1.807) is 18.5 Å². The van der Waals surface area contributed by atoms with Crippen molar-refractivity contribution >= 4 is 30.6 Å². The molecule has 7 nitrogen and oxygen atoms in total. The number of hydrogen-bond donors (Lipinski definition) is 1. The summed E-state index contributed by atoms with van der Waals surface area (Å²) in [5, 5.41) is 0.689. The minimum absolute atomic E-state index is 0.162. The molecule has 0 saturated heterocycles. The van der Waals surface area contributed by atoms with Gasteiger partial charge in [-0.2, -0.15) is 0 Å². The Bertz CT molecular complexity index is 933. The van der Waals surface area contributed by atoms with E-state index in [0.717, 1.165) is 6.04 Å². The van der Waals surface area contributed by atoms with E-state index in [9.17, 15) is 4.79 Å². The number of pyridine rings is 1. The van der Waals surface area contributed by atoms with Gasteiger partial charge in [0.1, 0.15) is 18.7 Å². The highest BCUT2D eigenvalue weighted by Crippen LogP contribution is 2.22. The highest BCUT2D eigenvalue weighted by Gasteiger charge is 2.19. The zero-order chi connectivity index (χ0) is 18.7. The predicted octanol–water partition coefficient (Wildman–Crippen LogP) is 2.95. The molecule has 8 heteroatoms. The number of anilines is 1. The molecule has 0 aliphatic carbocycles. The van der Waals surface area contributed by atoms with E-state index in [1.165, 1.54) is 18.7 Å². The number of nitrogens with two attached hydrogens (primary N) is 1. The summed E-state index contributed by atoms with van der Waals surface area (Å²) in [6, 6.07) is 2.70. The van der Waals surface area contributed by atoms with Crippen molar-refractivity contribution in [3.05, 3.63) is 48.3 Å². The lowest BCUT2D eigenvalue weighted by Crippen LogP contribution is -2.22. The fourth-order valence-electron chi connectivity index (χ4n) is 2.59. The Morgan fingerprint density at radius 2 is 2.04 bits per heavy atom. The third kappa shape index (κ3) is 4.14. The average Bonchev–Trinajstić information content (AvgIpc) is 2.96. The third-order valence-corrected chi connectivity index (χ3v) is 5.74. The number of carbonyl (C=O) groups is 1. The minimum Gasteiger partial charge on any atom is -0.397 e. The van der Waals surface area contributed by atoms with Crippen LogP contribution in [-0.4, -0.2) is 40.0 Å². The monoisotopic (exact) mass is 369 g/mol. The Hall–Kier alpha value is -2.58. The molecule has 3 aromatic rings. The number of nitrogen functional groups attached to an aromatic ring is 1. The SMILES string of the molecule is C[Si](C)(C)CCOCn1cc(C(=O)c2cncc(N)c2)c2cncnc21. The minimum atomic E-state index is -1.14. The van der Waals surface area contributed by atoms with Crippen molar-refractivity contribution < 1.29 is 9.53 Å². The van der Waals surface area contributed by atoms with Crippen molar-refractivity contribution in [3.8, 4) is 0 Å². The first kappa shape index (κ1) is 18.2.